The van der Waals surface area contributed by atoms with Gasteiger partial charge in [-0.05, 0) is 38.3 Å². The summed E-state index contributed by atoms with van der Waals surface area (Å²) in [7, 11) is 0. The molecule has 1 aliphatic rings. The van der Waals surface area contributed by atoms with E-state index >= 15 is 0 Å². The molecule has 5 nitrogen and oxygen atoms in total. The number of hydrogen-bond acceptors (Lipinski definition) is 4. The lowest BCUT2D eigenvalue weighted by Gasteiger charge is -2.31. The molecular weight excluding hydrogens is 256 g/mol. The summed E-state index contributed by atoms with van der Waals surface area (Å²) in [6, 6.07) is 3.68. The van der Waals surface area contributed by atoms with Crippen molar-refractivity contribution in [3.63, 3.8) is 0 Å². The Bertz CT molecular complexity index is 502. The summed E-state index contributed by atoms with van der Waals surface area (Å²) >= 11 is 0. The van der Waals surface area contributed by atoms with E-state index in [1.807, 2.05) is 19.1 Å². The van der Waals surface area contributed by atoms with E-state index in [1.165, 1.54) is 0 Å². The van der Waals surface area contributed by atoms with E-state index in [-0.39, 0.29) is 17.8 Å². The zero-order valence-corrected chi connectivity index (χ0v) is 12.0. The van der Waals surface area contributed by atoms with Gasteiger partial charge in [0, 0.05) is 19.3 Å². The Morgan fingerprint density at radius 1 is 1.50 bits per heavy atom. The number of hydrogen-bond donors (Lipinski definition) is 0. The number of nitrogens with zero attached hydrogens (tertiary/aromatic N) is 2. The molecule has 1 aliphatic heterocycles. The van der Waals surface area contributed by atoms with Crippen LogP contribution in [0.25, 0.3) is 0 Å². The number of carbonyl (C=O) groups excluding carboxylic acids is 2. The Morgan fingerprint density at radius 3 is 3.00 bits per heavy atom. The minimum atomic E-state index is -0.211. The Hall–Kier alpha value is -1.91. The largest absolute Gasteiger partial charge is 0.466 e. The van der Waals surface area contributed by atoms with E-state index in [4.69, 9.17) is 4.74 Å². The van der Waals surface area contributed by atoms with Gasteiger partial charge < -0.3 is 9.64 Å². The van der Waals surface area contributed by atoms with Crippen LogP contribution in [0, 0.1) is 12.8 Å². The third kappa shape index (κ3) is 3.15. The van der Waals surface area contributed by atoms with Crippen molar-refractivity contribution in [1.29, 1.82) is 0 Å². The highest BCUT2D eigenvalue weighted by molar-refractivity contribution is 5.94. The van der Waals surface area contributed by atoms with Crippen molar-refractivity contribution in [2.75, 3.05) is 19.7 Å². The first-order valence-corrected chi connectivity index (χ1v) is 7.01. The van der Waals surface area contributed by atoms with Crippen LogP contribution in [-0.4, -0.2) is 41.5 Å². The SMILES string of the molecule is CCOC(=O)[C@H]1CCCN(C(=O)c2ncccc2C)C1. The van der Waals surface area contributed by atoms with Crippen LogP contribution in [0.2, 0.25) is 0 Å². The lowest BCUT2D eigenvalue weighted by Crippen LogP contribution is -2.43. The fraction of sp³-hybridized carbons (Fsp3) is 0.533. The van der Waals surface area contributed by atoms with E-state index in [9.17, 15) is 9.59 Å². The average Bonchev–Trinajstić information content (AvgIpc) is 2.47. The van der Waals surface area contributed by atoms with E-state index < -0.39 is 0 Å². The maximum absolute atomic E-state index is 12.5. The highest BCUT2D eigenvalue weighted by atomic mass is 16.5. The second-order valence-electron chi connectivity index (χ2n) is 5.01. The van der Waals surface area contributed by atoms with Gasteiger partial charge in [0.1, 0.15) is 5.69 Å². The molecule has 1 aromatic rings. The molecule has 0 spiro atoms. The van der Waals surface area contributed by atoms with Gasteiger partial charge in [-0.15, -0.1) is 0 Å². The number of piperidine rings is 1. The summed E-state index contributed by atoms with van der Waals surface area (Å²) in [5, 5.41) is 0. The second-order valence-corrected chi connectivity index (χ2v) is 5.01. The predicted octanol–water partition coefficient (Wildman–Crippen LogP) is 1.81. The fourth-order valence-corrected chi connectivity index (χ4v) is 2.47. The van der Waals surface area contributed by atoms with Crippen molar-refractivity contribution < 1.29 is 14.3 Å². The maximum Gasteiger partial charge on any atom is 0.310 e. The Balaban J connectivity index is 2.07. The Morgan fingerprint density at radius 2 is 2.30 bits per heavy atom. The van der Waals surface area contributed by atoms with Gasteiger partial charge in [0.15, 0.2) is 0 Å². The highest BCUT2D eigenvalue weighted by Gasteiger charge is 2.30. The highest BCUT2D eigenvalue weighted by Crippen LogP contribution is 2.20. The van der Waals surface area contributed by atoms with Crippen LogP contribution in [0.1, 0.15) is 35.8 Å². The molecule has 0 radical (unpaired) electrons. The van der Waals surface area contributed by atoms with Crippen LogP contribution >= 0.6 is 0 Å². The van der Waals surface area contributed by atoms with Crippen LogP contribution in [0.3, 0.4) is 0 Å². The van der Waals surface area contributed by atoms with Crippen LogP contribution in [0.15, 0.2) is 18.3 Å². The smallest absolute Gasteiger partial charge is 0.310 e. The fourth-order valence-electron chi connectivity index (χ4n) is 2.47. The lowest BCUT2D eigenvalue weighted by molar-refractivity contribution is -0.149. The topological polar surface area (TPSA) is 59.5 Å². The van der Waals surface area contributed by atoms with Crippen molar-refractivity contribution in [3.8, 4) is 0 Å². The van der Waals surface area contributed by atoms with Gasteiger partial charge in [-0.25, -0.2) is 0 Å². The first kappa shape index (κ1) is 14.5. The zero-order chi connectivity index (χ0) is 14.5. The summed E-state index contributed by atoms with van der Waals surface area (Å²) in [5.74, 6) is -0.517. The molecular formula is C15H20N2O3. The van der Waals surface area contributed by atoms with Crippen molar-refractivity contribution in [2.24, 2.45) is 5.92 Å². The number of pyridine rings is 1. The van der Waals surface area contributed by atoms with Crippen LogP contribution in [0.4, 0.5) is 0 Å². The molecule has 2 heterocycles. The molecule has 0 aromatic carbocycles. The number of carbonyl (C=O) groups is 2. The molecule has 0 unspecified atom stereocenters. The molecule has 0 aliphatic carbocycles. The number of aryl methyl sites for hydroxylation is 1. The predicted molar refractivity (Wildman–Crippen MR) is 74.2 cm³/mol. The van der Waals surface area contributed by atoms with E-state index in [2.05, 4.69) is 4.98 Å². The van der Waals surface area contributed by atoms with Crippen molar-refractivity contribution in [1.82, 2.24) is 9.88 Å². The van der Waals surface area contributed by atoms with Crippen molar-refractivity contribution in [3.05, 3.63) is 29.6 Å². The van der Waals surface area contributed by atoms with Crippen LogP contribution in [0.5, 0.6) is 0 Å². The van der Waals surface area contributed by atoms with E-state index in [0.717, 1.165) is 18.4 Å². The summed E-state index contributed by atoms with van der Waals surface area (Å²) < 4.78 is 5.05. The quantitative estimate of drug-likeness (QED) is 0.790. The van der Waals surface area contributed by atoms with Gasteiger partial charge in [0.2, 0.25) is 0 Å². The molecule has 1 amide bonds. The Kier molecular flexibility index (Phi) is 4.71. The molecule has 2 rings (SSSR count). The van der Waals surface area contributed by atoms with Crippen LogP contribution in [-0.2, 0) is 9.53 Å². The molecule has 0 saturated carbocycles. The molecule has 1 saturated heterocycles. The van der Waals surface area contributed by atoms with Crippen molar-refractivity contribution in [2.45, 2.75) is 26.7 Å². The molecule has 108 valence electrons. The summed E-state index contributed by atoms with van der Waals surface area (Å²) in [6.45, 7) is 5.13. The number of likely N-dealkylation sites (tertiary alicyclic amines) is 1. The standard InChI is InChI=1S/C15H20N2O3/c1-3-20-15(19)12-7-5-9-17(10-12)14(18)13-11(2)6-4-8-16-13/h4,6,8,12H,3,5,7,9-10H2,1-2H3/t12-/m0/s1. The van der Waals surface area contributed by atoms with Gasteiger partial charge in [-0.1, -0.05) is 6.07 Å². The molecule has 0 N–H and O–H groups in total. The van der Waals surface area contributed by atoms with Gasteiger partial charge >= 0.3 is 5.97 Å². The van der Waals surface area contributed by atoms with E-state index in [0.29, 0.717) is 25.4 Å². The first-order valence-electron chi connectivity index (χ1n) is 7.01. The number of amides is 1. The van der Waals surface area contributed by atoms with Gasteiger partial charge in [0.25, 0.3) is 5.91 Å². The summed E-state index contributed by atoms with van der Waals surface area (Å²) in [6.07, 6.45) is 3.22. The molecule has 1 fully saturated rings. The summed E-state index contributed by atoms with van der Waals surface area (Å²) in [4.78, 5) is 30.1. The second kappa shape index (κ2) is 6.50. The monoisotopic (exact) mass is 276 g/mol. The van der Waals surface area contributed by atoms with E-state index in [1.54, 1.807) is 18.0 Å². The van der Waals surface area contributed by atoms with Gasteiger partial charge in [-0.3, -0.25) is 14.6 Å². The number of ether oxygens (including phenoxy) is 1. The average molecular weight is 276 g/mol. The lowest BCUT2D eigenvalue weighted by atomic mass is 9.97. The minimum Gasteiger partial charge on any atom is -0.466 e. The summed E-state index contributed by atoms with van der Waals surface area (Å²) in [5.41, 5.74) is 1.33. The normalized spacial score (nSPS) is 18.7. The molecule has 0 bridgehead atoms. The van der Waals surface area contributed by atoms with Crippen molar-refractivity contribution >= 4 is 11.9 Å². The van der Waals surface area contributed by atoms with Crippen LogP contribution < -0.4 is 0 Å². The molecule has 20 heavy (non-hydrogen) atoms. The third-order valence-electron chi connectivity index (χ3n) is 3.54. The zero-order valence-electron chi connectivity index (χ0n) is 12.0. The number of aromatic nitrogens is 1. The Labute approximate surface area is 118 Å². The number of rotatable bonds is 3. The molecule has 5 heteroatoms. The maximum atomic E-state index is 12.5. The first-order chi connectivity index (χ1) is 9.63. The van der Waals surface area contributed by atoms with Gasteiger partial charge in [-0.2, -0.15) is 0 Å². The van der Waals surface area contributed by atoms with Gasteiger partial charge in [0.05, 0.1) is 12.5 Å². The minimum absolute atomic E-state index is 0.0999. The molecule has 1 aromatic heterocycles. The number of esters is 1. The molecule has 1 atom stereocenters. The third-order valence-corrected chi connectivity index (χ3v) is 3.54.